The summed E-state index contributed by atoms with van der Waals surface area (Å²) in [5.41, 5.74) is 5.00. The molecule has 1 aliphatic heterocycles. The van der Waals surface area contributed by atoms with Gasteiger partial charge in [0.25, 0.3) is 0 Å². The van der Waals surface area contributed by atoms with Gasteiger partial charge in [0.1, 0.15) is 11.5 Å². The minimum absolute atomic E-state index is 0.765. The molecule has 0 N–H and O–H groups in total. The van der Waals surface area contributed by atoms with Crippen molar-refractivity contribution in [3.63, 3.8) is 0 Å². The quantitative estimate of drug-likeness (QED) is 0.675. The maximum atomic E-state index is 5.92. The van der Waals surface area contributed by atoms with Crippen molar-refractivity contribution in [2.45, 2.75) is 20.3 Å². The summed E-state index contributed by atoms with van der Waals surface area (Å²) in [4.78, 5) is 4.66. The minimum Gasteiger partial charge on any atom is -0.461 e. The summed E-state index contributed by atoms with van der Waals surface area (Å²) < 4.78 is 5.92. The fraction of sp³-hybridized carbons (Fsp3) is 0.136. The number of hydrogen-bond acceptors (Lipinski definition) is 2. The fourth-order valence-corrected chi connectivity index (χ4v) is 2.73. The van der Waals surface area contributed by atoms with E-state index in [1.807, 2.05) is 62.4 Å². The van der Waals surface area contributed by atoms with E-state index in [1.165, 1.54) is 5.56 Å². The van der Waals surface area contributed by atoms with Crippen LogP contribution in [-0.2, 0) is 6.42 Å². The molecule has 2 aromatic rings. The van der Waals surface area contributed by atoms with Gasteiger partial charge in [-0.05, 0) is 37.1 Å². The molecule has 1 heterocycles. The second-order valence-electron chi connectivity index (χ2n) is 5.75. The van der Waals surface area contributed by atoms with Crippen LogP contribution in [0.3, 0.4) is 0 Å². The number of benzene rings is 2. The van der Waals surface area contributed by atoms with Gasteiger partial charge in [-0.1, -0.05) is 61.2 Å². The Labute approximate surface area is 143 Å². The first-order chi connectivity index (χ1) is 11.7. The van der Waals surface area contributed by atoms with Gasteiger partial charge in [0.2, 0.25) is 0 Å². The normalized spacial score (nSPS) is 16.0. The number of para-hydroxylation sites is 1. The standard InChI is InChI=1S/C22H21NO/c1-4-18(14-21-15-20-12-8-9-13-22(20)24-21)16(2)23-17(3)19-10-6-5-7-11-19/h4-14H,3,15H2,1-2H3/b18-4+,21-14+,23-16+. The second-order valence-corrected chi connectivity index (χ2v) is 5.75. The lowest BCUT2D eigenvalue weighted by molar-refractivity contribution is 0.446. The molecule has 0 aromatic heterocycles. The summed E-state index contributed by atoms with van der Waals surface area (Å²) in [6, 6.07) is 18.2. The van der Waals surface area contributed by atoms with Gasteiger partial charge in [-0.25, -0.2) is 0 Å². The van der Waals surface area contributed by atoms with Gasteiger partial charge >= 0.3 is 0 Å². The Hall–Kier alpha value is -2.87. The zero-order valence-corrected chi connectivity index (χ0v) is 14.1. The van der Waals surface area contributed by atoms with Crippen LogP contribution in [0.4, 0.5) is 0 Å². The van der Waals surface area contributed by atoms with Crippen molar-refractivity contribution in [1.82, 2.24) is 0 Å². The zero-order valence-electron chi connectivity index (χ0n) is 14.1. The van der Waals surface area contributed by atoms with Crippen molar-refractivity contribution < 1.29 is 4.74 Å². The van der Waals surface area contributed by atoms with Gasteiger partial charge in [-0.15, -0.1) is 0 Å². The summed E-state index contributed by atoms with van der Waals surface area (Å²) in [6.45, 7) is 8.09. The van der Waals surface area contributed by atoms with Crippen molar-refractivity contribution >= 4 is 11.4 Å². The summed E-state index contributed by atoms with van der Waals surface area (Å²) in [7, 11) is 0. The molecular formula is C22H21NO. The molecule has 1 aliphatic rings. The highest BCUT2D eigenvalue weighted by Crippen LogP contribution is 2.31. The average Bonchev–Trinajstić information content (AvgIpc) is 3.02. The number of ether oxygens (including phenoxy) is 1. The Bertz CT molecular complexity index is 814. The second kappa shape index (κ2) is 7.14. The molecule has 0 fully saturated rings. The number of aliphatic imine (C=N–C) groups is 1. The highest BCUT2D eigenvalue weighted by atomic mass is 16.5. The molecule has 0 radical (unpaired) electrons. The van der Waals surface area contributed by atoms with Gasteiger partial charge in [0, 0.05) is 17.7 Å². The Morgan fingerprint density at radius 1 is 1.08 bits per heavy atom. The molecule has 0 spiro atoms. The van der Waals surface area contributed by atoms with E-state index >= 15 is 0 Å². The SMILES string of the molecule is C=C(/N=C(C)/C(/C=C1\Cc2ccccc2O1)=C/C)c1ccccc1. The number of hydrogen-bond donors (Lipinski definition) is 0. The van der Waals surface area contributed by atoms with E-state index in [-0.39, 0.29) is 0 Å². The van der Waals surface area contributed by atoms with Gasteiger partial charge in [-0.2, -0.15) is 0 Å². The van der Waals surface area contributed by atoms with Crippen molar-refractivity contribution in [3.8, 4) is 5.75 Å². The van der Waals surface area contributed by atoms with Gasteiger partial charge < -0.3 is 4.74 Å². The van der Waals surface area contributed by atoms with Crippen LogP contribution in [0.25, 0.3) is 5.70 Å². The smallest absolute Gasteiger partial charge is 0.130 e. The number of nitrogens with zero attached hydrogens (tertiary/aromatic N) is 1. The Kier molecular flexibility index (Phi) is 4.76. The fourth-order valence-electron chi connectivity index (χ4n) is 2.73. The lowest BCUT2D eigenvalue weighted by atomic mass is 10.1. The first-order valence-electron chi connectivity index (χ1n) is 8.10. The molecule has 2 nitrogen and oxygen atoms in total. The predicted octanol–water partition coefficient (Wildman–Crippen LogP) is 5.58. The molecule has 0 unspecified atom stereocenters. The number of fused-ring (bicyclic) bond motifs is 1. The van der Waals surface area contributed by atoms with Crippen molar-refractivity contribution in [2.75, 3.05) is 0 Å². The Balaban J connectivity index is 1.79. The lowest BCUT2D eigenvalue weighted by Crippen LogP contribution is -1.99. The van der Waals surface area contributed by atoms with E-state index in [2.05, 4.69) is 29.8 Å². The summed E-state index contributed by atoms with van der Waals surface area (Å²) in [6.07, 6.45) is 4.94. The third-order valence-electron chi connectivity index (χ3n) is 4.03. The Morgan fingerprint density at radius 2 is 1.79 bits per heavy atom. The monoisotopic (exact) mass is 315 g/mol. The molecule has 24 heavy (non-hydrogen) atoms. The van der Waals surface area contributed by atoms with Crippen LogP contribution in [0.5, 0.6) is 5.75 Å². The van der Waals surface area contributed by atoms with E-state index < -0.39 is 0 Å². The average molecular weight is 315 g/mol. The van der Waals surface area contributed by atoms with Crippen LogP contribution in [0.1, 0.15) is 25.0 Å². The molecular weight excluding hydrogens is 294 g/mol. The highest BCUT2D eigenvalue weighted by Gasteiger charge is 2.16. The van der Waals surface area contributed by atoms with Crippen molar-refractivity contribution in [2.24, 2.45) is 4.99 Å². The first kappa shape index (κ1) is 16.0. The van der Waals surface area contributed by atoms with E-state index in [9.17, 15) is 0 Å². The molecule has 0 amide bonds. The van der Waals surface area contributed by atoms with Crippen LogP contribution in [0, 0.1) is 0 Å². The summed E-state index contributed by atoms with van der Waals surface area (Å²) in [5, 5.41) is 0. The van der Waals surface area contributed by atoms with Gasteiger partial charge in [-0.3, -0.25) is 4.99 Å². The molecule has 0 saturated carbocycles. The molecule has 2 heteroatoms. The van der Waals surface area contributed by atoms with E-state index in [0.717, 1.165) is 40.5 Å². The third-order valence-corrected chi connectivity index (χ3v) is 4.03. The summed E-state index contributed by atoms with van der Waals surface area (Å²) >= 11 is 0. The van der Waals surface area contributed by atoms with E-state index in [4.69, 9.17) is 4.74 Å². The molecule has 2 aromatic carbocycles. The number of allylic oxidation sites excluding steroid dienone is 4. The topological polar surface area (TPSA) is 21.6 Å². The lowest BCUT2D eigenvalue weighted by Gasteiger charge is -2.06. The zero-order chi connectivity index (χ0) is 16.9. The molecule has 0 saturated heterocycles. The predicted molar refractivity (Wildman–Crippen MR) is 101 cm³/mol. The molecule has 0 aliphatic carbocycles. The Morgan fingerprint density at radius 3 is 2.50 bits per heavy atom. The van der Waals surface area contributed by atoms with Crippen LogP contribution < -0.4 is 4.74 Å². The maximum Gasteiger partial charge on any atom is 0.130 e. The van der Waals surface area contributed by atoms with Crippen LogP contribution in [0.2, 0.25) is 0 Å². The van der Waals surface area contributed by atoms with Gasteiger partial charge in [0.05, 0.1) is 5.70 Å². The van der Waals surface area contributed by atoms with E-state index in [1.54, 1.807) is 0 Å². The number of rotatable bonds is 4. The highest BCUT2D eigenvalue weighted by molar-refractivity contribution is 6.03. The molecule has 0 bridgehead atoms. The maximum absolute atomic E-state index is 5.92. The van der Waals surface area contributed by atoms with Crippen molar-refractivity contribution in [1.29, 1.82) is 0 Å². The van der Waals surface area contributed by atoms with Gasteiger partial charge in [0.15, 0.2) is 0 Å². The van der Waals surface area contributed by atoms with Crippen LogP contribution in [-0.4, -0.2) is 5.71 Å². The van der Waals surface area contributed by atoms with Crippen LogP contribution in [0.15, 0.2) is 89.7 Å². The van der Waals surface area contributed by atoms with Crippen molar-refractivity contribution in [3.05, 3.63) is 95.8 Å². The minimum atomic E-state index is 0.765. The van der Waals surface area contributed by atoms with E-state index in [0.29, 0.717) is 0 Å². The first-order valence-corrected chi connectivity index (χ1v) is 8.10. The van der Waals surface area contributed by atoms with Crippen LogP contribution >= 0.6 is 0 Å². The molecule has 0 atom stereocenters. The summed E-state index contributed by atoms with van der Waals surface area (Å²) in [5.74, 6) is 1.90. The largest absolute Gasteiger partial charge is 0.461 e. The molecule has 120 valence electrons. The third kappa shape index (κ3) is 3.54. The molecule has 3 rings (SSSR count).